The van der Waals surface area contributed by atoms with Crippen LogP contribution in [0.3, 0.4) is 0 Å². The summed E-state index contributed by atoms with van der Waals surface area (Å²) in [7, 11) is 0. The van der Waals surface area contributed by atoms with E-state index < -0.39 is 0 Å². The van der Waals surface area contributed by atoms with Gasteiger partial charge in [0.15, 0.2) is 0 Å². The summed E-state index contributed by atoms with van der Waals surface area (Å²) in [6.07, 6.45) is 0. The first-order valence-electron chi connectivity index (χ1n) is 7.19. The van der Waals surface area contributed by atoms with E-state index in [4.69, 9.17) is 16.7 Å². The predicted molar refractivity (Wildman–Crippen MR) is 90.2 cm³/mol. The Bertz CT molecular complexity index is 659. The molecule has 0 aromatic heterocycles. The Balaban J connectivity index is 2.04. The van der Waals surface area contributed by atoms with Crippen molar-refractivity contribution in [2.45, 2.75) is 26.8 Å². The minimum absolute atomic E-state index is 0.0129. The van der Waals surface area contributed by atoms with Gasteiger partial charge in [-0.1, -0.05) is 55.8 Å². The maximum absolute atomic E-state index is 5.98. The van der Waals surface area contributed by atoms with Gasteiger partial charge in [0.2, 0.25) is 0 Å². The van der Waals surface area contributed by atoms with Gasteiger partial charge >= 0.3 is 0 Å². The molecule has 2 aromatic rings. The van der Waals surface area contributed by atoms with Crippen molar-refractivity contribution in [2.75, 3.05) is 5.01 Å². The summed E-state index contributed by atoms with van der Waals surface area (Å²) in [6.45, 7) is 6.72. The smallest absolute Gasteiger partial charge is 0.0759 e. The molecule has 0 N–H and O–H groups in total. The fourth-order valence-corrected chi connectivity index (χ4v) is 2.85. The third-order valence-electron chi connectivity index (χ3n) is 4.37. The van der Waals surface area contributed by atoms with E-state index in [0.717, 1.165) is 16.4 Å². The molecule has 1 aliphatic heterocycles. The Morgan fingerprint density at radius 3 is 2.24 bits per heavy atom. The maximum atomic E-state index is 5.98. The van der Waals surface area contributed by atoms with Crippen LogP contribution in [0, 0.1) is 5.41 Å². The molecule has 0 spiro atoms. The number of rotatable bonds is 2. The van der Waals surface area contributed by atoms with Crippen LogP contribution in [0.15, 0.2) is 59.7 Å². The van der Waals surface area contributed by atoms with Gasteiger partial charge in [-0.2, -0.15) is 5.10 Å². The Morgan fingerprint density at radius 1 is 1.00 bits per heavy atom. The summed E-state index contributed by atoms with van der Waals surface area (Å²) in [5.41, 5.74) is 3.38. The van der Waals surface area contributed by atoms with Crippen molar-refractivity contribution < 1.29 is 0 Å². The molecule has 0 saturated carbocycles. The van der Waals surface area contributed by atoms with Gasteiger partial charge in [-0.15, -0.1) is 0 Å². The number of hydrogen-bond donors (Lipinski definition) is 0. The van der Waals surface area contributed by atoms with Gasteiger partial charge in [-0.05, 0) is 36.8 Å². The van der Waals surface area contributed by atoms with Crippen molar-refractivity contribution in [2.24, 2.45) is 10.5 Å². The molecule has 0 bridgehead atoms. The van der Waals surface area contributed by atoms with Crippen LogP contribution in [-0.4, -0.2) is 11.8 Å². The summed E-state index contributed by atoms with van der Waals surface area (Å²) < 4.78 is 0. The topological polar surface area (TPSA) is 15.6 Å². The summed E-state index contributed by atoms with van der Waals surface area (Å²) in [4.78, 5) is 0. The number of hydrogen-bond acceptors (Lipinski definition) is 2. The molecule has 0 unspecified atom stereocenters. The SMILES string of the molecule is C[C@H]1N(c2ccc(Cl)cc2)N=C(c2ccccc2)C1(C)C. The first-order chi connectivity index (χ1) is 10.00. The first kappa shape index (κ1) is 14.2. The summed E-state index contributed by atoms with van der Waals surface area (Å²) in [5, 5.41) is 7.74. The molecule has 21 heavy (non-hydrogen) atoms. The van der Waals surface area contributed by atoms with Gasteiger partial charge in [0.05, 0.1) is 17.4 Å². The molecule has 0 amide bonds. The number of anilines is 1. The number of halogens is 1. The fraction of sp³-hybridized carbons (Fsp3) is 0.278. The second kappa shape index (κ2) is 5.19. The van der Waals surface area contributed by atoms with E-state index in [1.54, 1.807) is 0 Å². The van der Waals surface area contributed by atoms with Crippen molar-refractivity contribution in [1.82, 2.24) is 0 Å². The van der Waals surface area contributed by atoms with Gasteiger partial charge in [0.25, 0.3) is 0 Å². The Labute approximate surface area is 131 Å². The molecular weight excluding hydrogens is 280 g/mol. The molecule has 1 aliphatic rings. The van der Waals surface area contributed by atoms with Crippen molar-refractivity contribution >= 4 is 23.0 Å². The summed E-state index contributed by atoms with van der Waals surface area (Å²) in [6, 6.07) is 18.5. The lowest BCUT2D eigenvalue weighted by Gasteiger charge is -2.30. The standard InChI is InChI=1S/C18H19ClN2/c1-13-18(2,3)17(14-7-5-4-6-8-14)20-21(13)16-11-9-15(19)10-12-16/h4-13H,1-3H3/t13-/m1/s1. The molecule has 0 radical (unpaired) electrons. The van der Waals surface area contributed by atoms with E-state index in [0.29, 0.717) is 0 Å². The Kier molecular flexibility index (Phi) is 3.50. The molecular formula is C18H19ClN2. The third kappa shape index (κ3) is 2.44. The van der Waals surface area contributed by atoms with Crippen molar-refractivity contribution in [3.8, 4) is 0 Å². The van der Waals surface area contributed by atoms with E-state index >= 15 is 0 Å². The van der Waals surface area contributed by atoms with Crippen LogP contribution >= 0.6 is 11.6 Å². The molecule has 0 aliphatic carbocycles. The zero-order valence-corrected chi connectivity index (χ0v) is 13.3. The highest BCUT2D eigenvalue weighted by Crippen LogP contribution is 2.39. The average molecular weight is 299 g/mol. The van der Waals surface area contributed by atoms with E-state index in [1.165, 1.54) is 5.56 Å². The monoisotopic (exact) mass is 298 g/mol. The molecule has 108 valence electrons. The summed E-state index contributed by atoms with van der Waals surface area (Å²) >= 11 is 5.98. The van der Waals surface area contributed by atoms with E-state index in [9.17, 15) is 0 Å². The lowest BCUT2D eigenvalue weighted by atomic mass is 9.78. The van der Waals surface area contributed by atoms with Gasteiger partial charge in [0.1, 0.15) is 0 Å². The van der Waals surface area contributed by atoms with Crippen LogP contribution in [0.1, 0.15) is 26.3 Å². The normalized spacial score (nSPS) is 20.5. The zero-order chi connectivity index (χ0) is 15.0. The fourth-order valence-electron chi connectivity index (χ4n) is 2.73. The highest BCUT2D eigenvalue weighted by atomic mass is 35.5. The van der Waals surface area contributed by atoms with Crippen LogP contribution in [0.4, 0.5) is 5.69 Å². The Hall–Kier alpha value is -1.80. The lowest BCUT2D eigenvalue weighted by Crippen LogP contribution is -2.37. The van der Waals surface area contributed by atoms with E-state index in [2.05, 4.69) is 50.0 Å². The molecule has 1 heterocycles. The van der Waals surface area contributed by atoms with Gasteiger partial charge in [-0.25, -0.2) is 0 Å². The van der Waals surface area contributed by atoms with Crippen LogP contribution in [0.25, 0.3) is 0 Å². The molecule has 2 nitrogen and oxygen atoms in total. The second-order valence-corrected chi connectivity index (χ2v) is 6.47. The lowest BCUT2D eigenvalue weighted by molar-refractivity contribution is 0.439. The highest BCUT2D eigenvalue weighted by Gasteiger charge is 2.42. The quantitative estimate of drug-likeness (QED) is 0.763. The number of benzene rings is 2. The minimum atomic E-state index is -0.0129. The summed E-state index contributed by atoms with van der Waals surface area (Å²) in [5.74, 6) is 0. The predicted octanol–water partition coefficient (Wildman–Crippen LogP) is 4.98. The van der Waals surface area contributed by atoms with Crippen molar-refractivity contribution in [3.63, 3.8) is 0 Å². The molecule has 3 rings (SSSR count). The van der Waals surface area contributed by atoms with E-state index in [-0.39, 0.29) is 11.5 Å². The minimum Gasteiger partial charge on any atom is -0.262 e. The molecule has 1 atom stereocenters. The second-order valence-electron chi connectivity index (χ2n) is 6.03. The third-order valence-corrected chi connectivity index (χ3v) is 4.62. The van der Waals surface area contributed by atoms with Crippen LogP contribution in [-0.2, 0) is 0 Å². The zero-order valence-electron chi connectivity index (χ0n) is 12.5. The van der Waals surface area contributed by atoms with Gasteiger partial charge in [-0.3, -0.25) is 5.01 Å². The molecule has 3 heteroatoms. The first-order valence-corrected chi connectivity index (χ1v) is 7.57. The number of nitrogens with zero attached hydrogens (tertiary/aromatic N) is 2. The van der Waals surface area contributed by atoms with Crippen LogP contribution in [0.2, 0.25) is 5.02 Å². The average Bonchev–Trinajstić information content (AvgIpc) is 2.72. The van der Waals surface area contributed by atoms with E-state index in [1.807, 2.05) is 30.3 Å². The van der Waals surface area contributed by atoms with Crippen LogP contribution in [0.5, 0.6) is 0 Å². The molecule has 0 fully saturated rings. The van der Waals surface area contributed by atoms with Crippen molar-refractivity contribution in [1.29, 1.82) is 0 Å². The number of hydrazone groups is 1. The molecule has 0 saturated heterocycles. The molecule has 2 aromatic carbocycles. The maximum Gasteiger partial charge on any atom is 0.0759 e. The van der Waals surface area contributed by atoms with Gasteiger partial charge in [0, 0.05) is 10.4 Å². The highest BCUT2D eigenvalue weighted by molar-refractivity contribution is 6.30. The van der Waals surface area contributed by atoms with Gasteiger partial charge < -0.3 is 0 Å². The largest absolute Gasteiger partial charge is 0.262 e. The van der Waals surface area contributed by atoms with Crippen molar-refractivity contribution in [3.05, 3.63) is 65.2 Å². The van der Waals surface area contributed by atoms with Crippen LogP contribution < -0.4 is 5.01 Å². The Morgan fingerprint density at radius 2 is 1.62 bits per heavy atom.